The molecule has 1 aromatic rings. The van der Waals surface area contributed by atoms with Crippen LogP contribution in [-0.2, 0) is 4.79 Å². The van der Waals surface area contributed by atoms with Crippen molar-refractivity contribution in [2.75, 3.05) is 31.1 Å². The Labute approximate surface area is 143 Å². The standard InChI is InChI=1S/C17H25N3O2.ClH/c18-14-5-3-4-13(12-14)17(22)20-10-8-19(9-11-20)15-6-1-2-7-16(15)21;/h1-2,6-7,13-14,21H,3-5,8-12,18H2;1H. The summed E-state index contributed by atoms with van der Waals surface area (Å²) in [5, 5.41) is 9.93. The molecule has 2 unspecified atom stereocenters. The summed E-state index contributed by atoms with van der Waals surface area (Å²) < 4.78 is 0. The number of amides is 1. The first-order chi connectivity index (χ1) is 10.6. The van der Waals surface area contributed by atoms with E-state index in [0.717, 1.165) is 57.5 Å². The van der Waals surface area contributed by atoms with Gasteiger partial charge < -0.3 is 20.6 Å². The minimum Gasteiger partial charge on any atom is -0.506 e. The second-order valence-electron chi connectivity index (χ2n) is 6.42. The third-order valence-electron chi connectivity index (χ3n) is 4.88. The molecule has 1 aromatic carbocycles. The summed E-state index contributed by atoms with van der Waals surface area (Å²) >= 11 is 0. The molecule has 128 valence electrons. The van der Waals surface area contributed by atoms with Gasteiger partial charge in [0.2, 0.25) is 5.91 Å². The first kappa shape index (κ1) is 17.9. The van der Waals surface area contributed by atoms with Crippen molar-refractivity contribution in [2.24, 2.45) is 11.7 Å². The summed E-state index contributed by atoms with van der Waals surface area (Å²) in [6, 6.07) is 7.56. The van der Waals surface area contributed by atoms with Gasteiger partial charge in [0.25, 0.3) is 0 Å². The second-order valence-corrected chi connectivity index (χ2v) is 6.42. The first-order valence-electron chi connectivity index (χ1n) is 8.22. The zero-order chi connectivity index (χ0) is 15.5. The zero-order valence-electron chi connectivity index (χ0n) is 13.4. The molecule has 1 saturated heterocycles. The van der Waals surface area contributed by atoms with E-state index in [1.807, 2.05) is 23.1 Å². The van der Waals surface area contributed by atoms with Crippen LogP contribution in [0.25, 0.3) is 0 Å². The number of benzene rings is 1. The molecule has 2 fully saturated rings. The summed E-state index contributed by atoms with van der Waals surface area (Å²) in [4.78, 5) is 16.7. The minimum absolute atomic E-state index is 0. The van der Waals surface area contributed by atoms with E-state index in [1.54, 1.807) is 6.07 Å². The molecule has 0 bridgehead atoms. The highest BCUT2D eigenvalue weighted by Crippen LogP contribution is 2.29. The number of rotatable bonds is 2. The quantitative estimate of drug-likeness (QED) is 0.864. The Morgan fingerprint density at radius 3 is 2.48 bits per heavy atom. The Morgan fingerprint density at radius 2 is 1.83 bits per heavy atom. The lowest BCUT2D eigenvalue weighted by atomic mass is 9.85. The summed E-state index contributed by atoms with van der Waals surface area (Å²) in [5.41, 5.74) is 6.86. The lowest BCUT2D eigenvalue weighted by Crippen LogP contribution is -2.51. The number of nitrogens with zero attached hydrogens (tertiary/aromatic N) is 2. The smallest absolute Gasteiger partial charge is 0.225 e. The van der Waals surface area contributed by atoms with E-state index in [-0.39, 0.29) is 30.3 Å². The molecular formula is C17H26ClN3O2. The van der Waals surface area contributed by atoms with E-state index in [9.17, 15) is 9.90 Å². The molecule has 1 heterocycles. The lowest BCUT2D eigenvalue weighted by Gasteiger charge is -2.38. The molecule has 6 heteroatoms. The van der Waals surface area contributed by atoms with Crippen molar-refractivity contribution >= 4 is 24.0 Å². The Morgan fingerprint density at radius 1 is 1.13 bits per heavy atom. The number of aromatic hydroxyl groups is 1. The van der Waals surface area contributed by atoms with Crippen LogP contribution in [0.2, 0.25) is 0 Å². The first-order valence-corrected chi connectivity index (χ1v) is 8.22. The number of carbonyl (C=O) groups is 1. The molecule has 1 aliphatic heterocycles. The molecular weight excluding hydrogens is 314 g/mol. The van der Waals surface area contributed by atoms with Gasteiger partial charge in [-0.2, -0.15) is 0 Å². The maximum absolute atomic E-state index is 12.6. The summed E-state index contributed by atoms with van der Waals surface area (Å²) in [6.07, 6.45) is 3.92. The molecule has 0 spiro atoms. The second kappa shape index (κ2) is 7.88. The van der Waals surface area contributed by atoms with Gasteiger partial charge in [-0.15, -0.1) is 12.4 Å². The van der Waals surface area contributed by atoms with E-state index in [0.29, 0.717) is 5.75 Å². The molecule has 23 heavy (non-hydrogen) atoms. The van der Waals surface area contributed by atoms with Gasteiger partial charge >= 0.3 is 0 Å². The molecule has 1 aliphatic carbocycles. The van der Waals surface area contributed by atoms with Crippen LogP contribution in [0.4, 0.5) is 5.69 Å². The van der Waals surface area contributed by atoms with Crippen LogP contribution in [0.5, 0.6) is 5.75 Å². The van der Waals surface area contributed by atoms with Gasteiger partial charge in [0.1, 0.15) is 5.75 Å². The van der Waals surface area contributed by atoms with Gasteiger partial charge in [0.15, 0.2) is 0 Å². The molecule has 5 nitrogen and oxygen atoms in total. The molecule has 3 rings (SSSR count). The summed E-state index contributed by atoms with van der Waals surface area (Å²) in [7, 11) is 0. The fraction of sp³-hybridized carbons (Fsp3) is 0.588. The molecule has 3 N–H and O–H groups in total. The highest BCUT2D eigenvalue weighted by atomic mass is 35.5. The van der Waals surface area contributed by atoms with Gasteiger partial charge in [0.05, 0.1) is 5.69 Å². The largest absolute Gasteiger partial charge is 0.506 e. The predicted octanol–water partition coefficient (Wildman–Crippen LogP) is 1.98. The van der Waals surface area contributed by atoms with Crippen molar-refractivity contribution in [3.8, 4) is 5.75 Å². The molecule has 1 saturated carbocycles. The van der Waals surface area contributed by atoms with Crippen molar-refractivity contribution in [1.29, 1.82) is 0 Å². The van der Waals surface area contributed by atoms with E-state index >= 15 is 0 Å². The molecule has 2 atom stereocenters. The van der Waals surface area contributed by atoms with Gasteiger partial charge in [-0.3, -0.25) is 4.79 Å². The Bertz CT molecular complexity index is 532. The number of para-hydroxylation sites is 2. The van der Waals surface area contributed by atoms with Crippen LogP contribution in [0.15, 0.2) is 24.3 Å². The van der Waals surface area contributed by atoms with Crippen molar-refractivity contribution in [3.05, 3.63) is 24.3 Å². The predicted molar refractivity (Wildman–Crippen MR) is 94.1 cm³/mol. The van der Waals surface area contributed by atoms with E-state index in [4.69, 9.17) is 5.73 Å². The third kappa shape index (κ3) is 4.09. The maximum Gasteiger partial charge on any atom is 0.225 e. The molecule has 2 aliphatic rings. The maximum atomic E-state index is 12.6. The Balaban J connectivity index is 0.00000192. The fourth-order valence-electron chi connectivity index (χ4n) is 3.61. The van der Waals surface area contributed by atoms with Crippen molar-refractivity contribution in [2.45, 2.75) is 31.7 Å². The van der Waals surface area contributed by atoms with Crippen LogP contribution in [0, 0.1) is 5.92 Å². The Kier molecular flexibility index (Phi) is 6.13. The highest BCUT2D eigenvalue weighted by Gasteiger charge is 2.31. The van der Waals surface area contributed by atoms with Gasteiger partial charge in [-0.05, 0) is 31.4 Å². The topological polar surface area (TPSA) is 69.8 Å². The van der Waals surface area contributed by atoms with Crippen LogP contribution < -0.4 is 10.6 Å². The normalized spacial score (nSPS) is 24.9. The number of nitrogens with two attached hydrogens (primary N) is 1. The number of phenols is 1. The van der Waals surface area contributed by atoms with Crippen LogP contribution in [-0.4, -0.2) is 48.1 Å². The summed E-state index contributed by atoms with van der Waals surface area (Å²) in [6.45, 7) is 2.97. The number of halogens is 1. The Hall–Kier alpha value is -1.46. The zero-order valence-corrected chi connectivity index (χ0v) is 14.2. The van der Waals surface area contributed by atoms with Crippen molar-refractivity contribution in [3.63, 3.8) is 0 Å². The number of phenolic OH excluding ortho intramolecular Hbond substituents is 1. The molecule has 0 radical (unpaired) electrons. The lowest BCUT2D eigenvalue weighted by molar-refractivity contribution is -0.137. The van der Waals surface area contributed by atoms with Gasteiger partial charge in [-0.1, -0.05) is 18.6 Å². The van der Waals surface area contributed by atoms with E-state index < -0.39 is 0 Å². The average molecular weight is 340 g/mol. The van der Waals surface area contributed by atoms with Crippen molar-refractivity contribution in [1.82, 2.24) is 4.90 Å². The molecule has 1 amide bonds. The summed E-state index contributed by atoms with van der Waals surface area (Å²) in [5.74, 6) is 0.688. The van der Waals surface area contributed by atoms with Crippen molar-refractivity contribution < 1.29 is 9.90 Å². The average Bonchev–Trinajstić information content (AvgIpc) is 2.55. The highest BCUT2D eigenvalue weighted by molar-refractivity contribution is 5.85. The minimum atomic E-state index is 0. The van der Waals surface area contributed by atoms with Crippen LogP contribution >= 0.6 is 12.4 Å². The SMILES string of the molecule is Cl.NC1CCCC(C(=O)N2CCN(c3ccccc3O)CC2)C1. The van der Waals surface area contributed by atoms with E-state index in [1.165, 1.54) is 0 Å². The van der Waals surface area contributed by atoms with Gasteiger partial charge in [-0.25, -0.2) is 0 Å². The number of carbonyl (C=O) groups excluding carboxylic acids is 1. The number of anilines is 1. The van der Waals surface area contributed by atoms with Crippen LogP contribution in [0.1, 0.15) is 25.7 Å². The number of hydrogen-bond acceptors (Lipinski definition) is 4. The van der Waals surface area contributed by atoms with Crippen LogP contribution in [0.3, 0.4) is 0 Å². The monoisotopic (exact) mass is 339 g/mol. The van der Waals surface area contributed by atoms with Gasteiger partial charge in [0, 0.05) is 38.1 Å². The number of hydrogen-bond donors (Lipinski definition) is 2. The molecule has 0 aromatic heterocycles. The fourth-order valence-corrected chi connectivity index (χ4v) is 3.61. The van der Waals surface area contributed by atoms with E-state index in [2.05, 4.69) is 4.90 Å². The number of piperazine rings is 1. The third-order valence-corrected chi connectivity index (χ3v) is 4.88.